The van der Waals surface area contributed by atoms with E-state index in [-0.39, 0.29) is 5.54 Å². The maximum absolute atomic E-state index is 5.28. The quantitative estimate of drug-likeness (QED) is 0.799. The van der Waals surface area contributed by atoms with Gasteiger partial charge in [0.2, 0.25) is 0 Å². The van der Waals surface area contributed by atoms with Gasteiger partial charge in [0.1, 0.15) is 0 Å². The van der Waals surface area contributed by atoms with Crippen LogP contribution in [0.4, 0.5) is 0 Å². The van der Waals surface area contributed by atoms with Crippen LogP contribution in [0.5, 0.6) is 0 Å². The predicted octanol–water partition coefficient (Wildman–Crippen LogP) is 2.12. The third kappa shape index (κ3) is 5.84. The van der Waals surface area contributed by atoms with Gasteiger partial charge in [-0.05, 0) is 53.0 Å². The van der Waals surface area contributed by atoms with Gasteiger partial charge in [0, 0.05) is 31.8 Å². The van der Waals surface area contributed by atoms with Crippen molar-refractivity contribution in [3.63, 3.8) is 0 Å². The fourth-order valence-electron chi connectivity index (χ4n) is 2.45. The number of ether oxygens (including phenoxy) is 1. The zero-order chi connectivity index (χ0) is 12.9. The van der Waals surface area contributed by atoms with Crippen LogP contribution >= 0.6 is 0 Å². The normalized spacial score (nSPS) is 24.9. The van der Waals surface area contributed by atoms with E-state index in [1.54, 1.807) is 0 Å². The Kier molecular flexibility index (Phi) is 5.90. The van der Waals surface area contributed by atoms with Crippen molar-refractivity contribution in [2.75, 3.05) is 33.4 Å². The lowest BCUT2D eigenvalue weighted by atomic mass is 9.97. The molecule has 3 heteroatoms. The zero-order valence-electron chi connectivity index (χ0n) is 12.3. The van der Waals surface area contributed by atoms with Gasteiger partial charge in [-0.15, -0.1) is 0 Å². The van der Waals surface area contributed by atoms with Crippen molar-refractivity contribution in [2.24, 2.45) is 5.92 Å². The Morgan fingerprint density at radius 1 is 1.41 bits per heavy atom. The molecule has 102 valence electrons. The Balaban J connectivity index is 2.33. The van der Waals surface area contributed by atoms with E-state index >= 15 is 0 Å². The van der Waals surface area contributed by atoms with E-state index in [2.05, 4.69) is 37.9 Å². The molecule has 0 amide bonds. The number of rotatable bonds is 5. The Morgan fingerprint density at radius 3 is 2.71 bits per heavy atom. The first kappa shape index (κ1) is 14.9. The van der Waals surface area contributed by atoms with Crippen molar-refractivity contribution >= 4 is 0 Å². The molecule has 1 saturated heterocycles. The Morgan fingerprint density at radius 2 is 2.12 bits per heavy atom. The van der Waals surface area contributed by atoms with E-state index in [9.17, 15) is 0 Å². The molecule has 0 spiro atoms. The SMILES string of the molecule is COCC1CCCN(C(C)CNC(C)(C)C)C1. The molecular formula is C14H30N2O. The monoisotopic (exact) mass is 242 g/mol. The Hall–Kier alpha value is -0.120. The van der Waals surface area contributed by atoms with E-state index in [1.165, 1.54) is 25.9 Å². The van der Waals surface area contributed by atoms with Crippen LogP contribution in [-0.2, 0) is 4.74 Å². The lowest BCUT2D eigenvalue weighted by Gasteiger charge is -2.37. The fraction of sp³-hybridized carbons (Fsp3) is 1.00. The fourth-order valence-corrected chi connectivity index (χ4v) is 2.45. The van der Waals surface area contributed by atoms with E-state index in [0.29, 0.717) is 6.04 Å². The van der Waals surface area contributed by atoms with Crippen LogP contribution in [0.3, 0.4) is 0 Å². The number of nitrogens with one attached hydrogen (secondary N) is 1. The summed E-state index contributed by atoms with van der Waals surface area (Å²) in [5, 5.41) is 3.59. The maximum atomic E-state index is 5.28. The van der Waals surface area contributed by atoms with Gasteiger partial charge in [0.15, 0.2) is 0 Å². The minimum absolute atomic E-state index is 0.218. The summed E-state index contributed by atoms with van der Waals surface area (Å²) >= 11 is 0. The Labute approximate surface area is 107 Å². The van der Waals surface area contributed by atoms with Crippen LogP contribution in [0.1, 0.15) is 40.5 Å². The zero-order valence-corrected chi connectivity index (χ0v) is 12.3. The van der Waals surface area contributed by atoms with Gasteiger partial charge in [-0.3, -0.25) is 4.90 Å². The third-order valence-corrected chi connectivity index (χ3v) is 3.50. The summed E-state index contributed by atoms with van der Waals surface area (Å²) in [6.45, 7) is 13.4. The number of methoxy groups -OCH3 is 1. The van der Waals surface area contributed by atoms with Gasteiger partial charge in [0.05, 0.1) is 6.61 Å². The molecule has 3 nitrogen and oxygen atoms in total. The van der Waals surface area contributed by atoms with Crippen molar-refractivity contribution in [3.8, 4) is 0 Å². The smallest absolute Gasteiger partial charge is 0.0502 e. The van der Waals surface area contributed by atoms with Crippen LogP contribution in [0.25, 0.3) is 0 Å². The number of likely N-dealkylation sites (tertiary alicyclic amines) is 1. The lowest BCUT2D eigenvalue weighted by Crippen LogP contribution is -2.49. The molecule has 1 heterocycles. The molecule has 1 N–H and O–H groups in total. The summed E-state index contributed by atoms with van der Waals surface area (Å²) < 4.78 is 5.28. The second kappa shape index (κ2) is 6.72. The molecule has 1 aliphatic rings. The van der Waals surface area contributed by atoms with Crippen LogP contribution < -0.4 is 5.32 Å². The van der Waals surface area contributed by atoms with Gasteiger partial charge in [0.25, 0.3) is 0 Å². The second-order valence-electron chi connectivity index (χ2n) is 6.44. The minimum Gasteiger partial charge on any atom is -0.384 e. The summed E-state index contributed by atoms with van der Waals surface area (Å²) in [7, 11) is 1.81. The average Bonchev–Trinajstić information content (AvgIpc) is 2.26. The van der Waals surface area contributed by atoms with Crippen LogP contribution in [0.2, 0.25) is 0 Å². The summed E-state index contributed by atoms with van der Waals surface area (Å²) in [6, 6.07) is 0.619. The standard InChI is InChI=1S/C14H30N2O/c1-12(9-15-14(2,3)4)16-8-6-7-13(10-16)11-17-5/h12-13,15H,6-11H2,1-5H3. The predicted molar refractivity (Wildman–Crippen MR) is 73.4 cm³/mol. The second-order valence-corrected chi connectivity index (χ2v) is 6.44. The molecule has 0 aromatic rings. The molecule has 0 aromatic heterocycles. The molecule has 0 aliphatic carbocycles. The molecule has 1 fully saturated rings. The van der Waals surface area contributed by atoms with Gasteiger partial charge in [-0.25, -0.2) is 0 Å². The van der Waals surface area contributed by atoms with E-state index in [0.717, 1.165) is 19.1 Å². The maximum Gasteiger partial charge on any atom is 0.0502 e. The summed E-state index contributed by atoms with van der Waals surface area (Å²) in [4.78, 5) is 2.60. The van der Waals surface area contributed by atoms with Crippen molar-refractivity contribution < 1.29 is 4.74 Å². The van der Waals surface area contributed by atoms with E-state index in [1.807, 2.05) is 7.11 Å². The highest BCUT2D eigenvalue weighted by atomic mass is 16.5. The first-order valence-electron chi connectivity index (χ1n) is 6.90. The molecule has 17 heavy (non-hydrogen) atoms. The van der Waals surface area contributed by atoms with E-state index in [4.69, 9.17) is 4.74 Å². The first-order chi connectivity index (χ1) is 7.92. The minimum atomic E-state index is 0.218. The van der Waals surface area contributed by atoms with Gasteiger partial charge in [-0.1, -0.05) is 0 Å². The van der Waals surface area contributed by atoms with Gasteiger partial charge in [-0.2, -0.15) is 0 Å². The van der Waals surface area contributed by atoms with Crippen molar-refractivity contribution in [2.45, 2.75) is 52.1 Å². The molecule has 1 aliphatic heterocycles. The molecule has 0 saturated carbocycles. The number of hydrogen-bond donors (Lipinski definition) is 1. The summed E-state index contributed by atoms with van der Waals surface area (Å²) in [5.74, 6) is 0.728. The highest BCUT2D eigenvalue weighted by Crippen LogP contribution is 2.18. The topological polar surface area (TPSA) is 24.5 Å². The van der Waals surface area contributed by atoms with Crippen molar-refractivity contribution in [1.29, 1.82) is 0 Å². The molecular weight excluding hydrogens is 212 g/mol. The molecule has 2 unspecified atom stereocenters. The molecule has 0 aromatic carbocycles. The molecule has 0 bridgehead atoms. The molecule has 2 atom stereocenters. The number of nitrogens with zero attached hydrogens (tertiary/aromatic N) is 1. The van der Waals surface area contributed by atoms with Crippen LogP contribution in [0.15, 0.2) is 0 Å². The summed E-state index contributed by atoms with van der Waals surface area (Å²) in [6.07, 6.45) is 2.64. The van der Waals surface area contributed by atoms with E-state index < -0.39 is 0 Å². The summed E-state index contributed by atoms with van der Waals surface area (Å²) in [5.41, 5.74) is 0.218. The molecule has 0 radical (unpaired) electrons. The first-order valence-corrected chi connectivity index (χ1v) is 6.90. The average molecular weight is 242 g/mol. The Bertz CT molecular complexity index is 211. The van der Waals surface area contributed by atoms with Gasteiger partial charge < -0.3 is 10.1 Å². The lowest BCUT2D eigenvalue weighted by molar-refractivity contribution is 0.0705. The number of hydrogen-bond acceptors (Lipinski definition) is 3. The third-order valence-electron chi connectivity index (χ3n) is 3.50. The highest BCUT2D eigenvalue weighted by Gasteiger charge is 2.24. The molecule has 1 rings (SSSR count). The van der Waals surface area contributed by atoms with Crippen LogP contribution in [0, 0.1) is 5.92 Å². The number of piperidine rings is 1. The largest absolute Gasteiger partial charge is 0.384 e. The van der Waals surface area contributed by atoms with Crippen LogP contribution in [-0.4, -0.2) is 49.8 Å². The van der Waals surface area contributed by atoms with Gasteiger partial charge >= 0.3 is 0 Å². The highest BCUT2D eigenvalue weighted by molar-refractivity contribution is 4.80. The van der Waals surface area contributed by atoms with Crippen molar-refractivity contribution in [3.05, 3.63) is 0 Å². The van der Waals surface area contributed by atoms with Crippen molar-refractivity contribution in [1.82, 2.24) is 10.2 Å².